The number of hydrogen-bond donors (Lipinski definition) is 3. The highest BCUT2D eigenvalue weighted by molar-refractivity contribution is 7.48. The van der Waals surface area contributed by atoms with Gasteiger partial charge in [0.2, 0.25) is 6.10 Å². The van der Waals surface area contributed by atoms with Crippen molar-refractivity contribution in [1.82, 2.24) is 0 Å². The first-order chi connectivity index (χ1) is 13.3. The van der Waals surface area contributed by atoms with Gasteiger partial charge in [0.25, 0.3) is 0 Å². The molecule has 0 bridgehead atoms. The SMILES string of the molecule is CC(C)[C@](N)(C(=O)OC(C(=O)OCc1ccccc1)c1ccccc1)P(O)O. The average Bonchev–Trinajstić information content (AvgIpc) is 2.70. The first kappa shape index (κ1) is 22.0. The quantitative estimate of drug-likeness (QED) is 0.456. The van der Waals surface area contributed by atoms with Crippen LogP contribution in [0.1, 0.15) is 31.1 Å². The molecule has 2 aromatic rings. The van der Waals surface area contributed by atoms with Gasteiger partial charge < -0.3 is 25.0 Å². The summed E-state index contributed by atoms with van der Waals surface area (Å²) in [5, 5.41) is -2.03. The largest absolute Gasteiger partial charge is 0.458 e. The Bertz CT molecular complexity index is 774. The maximum Gasteiger partial charge on any atom is 0.352 e. The van der Waals surface area contributed by atoms with Crippen molar-refractivity contribution in [2.24, 2.45) is 11.7 Å². The van der Waals surface area contributed by atoms with E-state index in [1.807, 2.05) is 18.2 Å². The van der Waals surface area contributed by atoms with Crippen LogP contribution in [0.5, 0.6) is 0 Å². The minimum Gasteiger partial charge on any atom is -0.458 e. The molecular weight excluding hydrogens is 381 g/mol. The summed E-state index contributed by atoms with van der Waals surface area (Å²) in [4.78, 5) is 44.6. The van der Waals surface area contributed by atoms with Crippen LogP contribution in [0.2, 0.25) is 0 Å². The Kier molecular flexibility index (Phi) is 7.66. The Balaban J connectivity index is 2.22. The van der Waals surface area contributed by atoms with Crippen LogP contribution in [0.15, 0.2) is 60.7 Å². The first-order valence-electron chi connectivity index (χ1n) is 8.70. The molecule has 0 spiro atoms. The maximum absolute atomic E-state index is 12.7. The summed E-state index contributed by atoms with van der Waals surface area (Å²) < 4.78 is 10.6. The zero-order valence-corrected chi connectivity index (χ0v) is 16.6. The third-order valence-electron chi connectivity index (χ3n) is 4.30. The van der Waals surface area contributed by atoms with Gasteiger partial charge in [-0.25, -0.2) is 9.59 Å². The highest BCUT2D eigenvalue weighted by Gasteiger charge is 2.48. The summed E-state index contributed by atoms with van der Waals surface area (Å²) in [6.07, 6.45) is -1.38. The Labute approximate surface area is 165 Å². The van der Waals surface area contributed by atoms with E-state index in [2.05, 4.69) is 0 Å². The van der Waals surface area contributed by atoms with Gasteiger partial charge in [0, 0.05) is 5.56 Å². The monoisotopic (exact) mass is 405 g/mol. The van der Waals surface area contributed by atoms with Crippen molar-refractivity contribution < 1.29 is 28.8 Å². The van der Waals surface area contributed by atoms with E-state index in [0.29, 0.717) is 5.56 Å². The Morgan fingerprint density at radius 2 is 1.57 bits per heavy atom. The van der Waals surface area contributed by atoms with E-state index in [-0.39, 0.29) is 6.61 Å². The van der Waals surface area contributed by atoms with Crippen molar-refractivity contribution in [3.8, 4) is 0 Å². The fraction of sp³-hybridized carbons (Fsp3) is 0.300. The summed E-state index contributed by atoms with van der Waals surface area (Å²) in [5.41, 5.74) is 7.09. The summed E-state index contributed by atoms with van der Waals surface area (Å²) in [5.74, 6) is -2.49. The molecule has 7 nitrogen and oxygen atoms in total. The number of hydrogen-bond acceptors (Lipinski definition) is 7. The molecule has 0 fully saturated rings. The van der Waals surface area contributed by atoms with Crippen LogP contribution in [-0.2, 0) is 25.7 Å². The fourth-order valence-electron chi connectivity index (χ4n) is 2.43. The fourth-order valence-corrected chi connectivity index (χ4v) is 3.11. The minimum absolute atomic E-state index is 0.00517. The van der Waals surface area contributed by atoms with Gasteiger partial charge in [0.1, 0.15) is 6.61 Å². The second kappa shape index (κ2) is 9.75. The first-order valence-corrected chi connectivity index (χ1v) is 9.95. The smallest absolute Gasteiger partial charge is 0.352 e. The molecule has 0 saturated carbocycles. The van der Waals surface area contributed by atoms with Gasteiger partial charge in [-0.3, -0.25) is 0 Å². The molecule has 2 rings (SSSR count). The lowest BCUT2D eigenvalue weighted by Gasteiger charge is -2.32. The summed E-state index contributed by atoms with van der Waals surface area (Å²) >= 11 is 0. The average molecular weight is 405 g/mol. The number of carbonyl (C=O) groups is 2. The van der Waals surface area contributed by atoms with E-state index in [9.17, 15) is 19.4 Å². The molecule has 0 radical (unpaired) electrons. The van der Waals surface area contributed by atoms with Gasteiger partial charge in [0.05, 0.1) is 0 Å². The van der Waals surface area contributed by atoms with E-state index >= 15 is 0 Å². The zero-order chi connectivity index (χ0) is 20.7. The zero-order valence-electron chi connectivity index (χ0n) is 15.7. The number of benzene rings is 2. The van der Waals surface area contributed by atoms with Gasteiger partial charge in [0.15, 0.2) is 13.7 Å². The Hall–Kier alpha value is -2.31. The number of carbonyl (C=O) groups excluding carboxylic acids is 2. The number of rotatable bonds is 8. The molecular formula is C20H24NO6P. The number of ether oxygens (including phenoxy) is 2. The molecule has 0 aromatic heterocycles. The lowest BCUT2D eigenvalue weighted by molar-refractivity contribution is -0.172. The van der Waals surface area contributed by atoms with E-state index in [4.69, 9.17) is 15.2 Å². The van der Waals surface area contributed by atoms with Crippen molar-refractivity contribution in [2.45, 2.75) is 31.8 Å². The second-order valence-corrected chi connectivity index (χ2v) is 7.88. The van der Waals surface area contributed by atoms with E-state index in [1.54, 1.807) is 56.3 Å². The van der Waals surface area contributed by atoms with Crippen LogP contribution in [0.3, 0.4) is 0 Å². The molecule has 8 heteroatoms. The molecule has 0 amide bonds. The highest BCUT2D eigenvalue weighted by Crippen LogP contribution is 2.44. The van der Waals surface area contributed by atoms with Crippen LogP contribution in [0.25, 0.3) is 0 Å². The van der Waals surface area contributed by atoms with Crippen molar-refractivity contribution in [3.63, 3.8) is 0 Å². The van der Waals surface area contributed by atoms with Crippen LogP contribution in [0, 0.1) is 5.92 Å². The molecule has 0 aliphatic carbocycles. The minimum atomic E-state index is -2.84. The molecule has 2 aromatic carbocycles. The highest BCUT2D eigenvalue weighted by atomic mass is 31.2. The topological polar surface area (TPSA) is 119 Å². The van der Waals surface area contributed by atoms with Gasteiger partial charge in [-0.2, -0.15) is 0 Å². The number of esters is 2. The van der Waals surface area contributed by atoms with Crippen molar-refractivity contribution in [2.75, 3.05) is 0 Å². The van der Waals surface area contributed by atoms with Gasteiger partial charge in [-0.05, 0) is 11.5 Å². The lowest BCUT2D eigenvalue weighted by Crippen LogP contribution is -2.52. The van der Waals surface area contributed by atoms with Crippen LogP contribution < -0.4 is 5.73 Å². The Morgan fingerprint density at radius 3 is 2.07 bits per heavy atom. The molecule has 4 N–H and O–H groups in total. The van der Waals surface area contributed by atoms with Crippen molar-refractivity contribution in [3.05, 3.63) is 71.8 Å². The van der Waals surface area contributed by atoms with E-state index in [1.165, 1.54) is 0 Å². The Morgan fingerprint density at radius 1 is 1.04 bits per heavy atom. The van der Waals surface area contributed by atoms with Crippen molar-refractivity contribution >= 4 is 20.3 Å². The van der Waals surface area contributed by atoms with Gasteiger partial charge in [-0.1, -0.05) is 74.5 Å². The van der Waals surface area contributed by atoms with Crippen LogP contribution in [-0.4, -0.2) is 27.0 Å². The normalized spacial score (nSPS) is 14.4. The molecule has 2 atom stereocenters. The maximum atomic E-state index is 12.7. The summed E-state index contributed by atoms with van der Waals surface area (Å²) in [6.45, 7) is 3.13. The summed E-state index contributed by atoms with van der Waals surface area (Å²) in [7, 11) is -2.84. The molecule has 0 aliphatic rings. The van der Waals surface area contributed by atoms with Crippen molar-refractivity contribution in [1.29, 1.82) is 0 Å². The molecule has 1 unspecified atom stereocenters. The van der Waals surface area contributed by atoms with Crippen LogP contribution in [0.4, 0.5) is 0 Å². The third-order valence-corrected chi connectivity index (χ3v) is 5.66. The van der Waals surface area contributed by atoms with Gasteiger partial charge >= 0.3 is 11.9 Å². The molecule has 28 heavy (non-hydrogen) atoms. The predicted octanol–water partition coefficient (Wildman–Crippen LogP) is 2.62. The van der Waals surface area contributed by atoms with Crippen LogP contribution >= 0.6 is 8.38 Å². The second-order valence-electron chi connectivity index (χ2n) is 6.56. The summed E-state index contributed by atoms with van der Waals surface area (Å²) in [6, 6.07) is 17.4. The van der Waals surface area contributed by atoms with E-state index < -0.39 is 37.6 Å². The van der Waals surface area contributed by atoms with E-state index in [0.717, 1.165) is 5.56 Å². The molecule has 0 heterocycles. The predicted molar refractivity (Wildman–Crippen MR) is 105 cm³/mol. The standard InChI is InChI=1S/C20H24NO6P/c1-14(2)20(21,28(24)25)19(23)27-17(16-11-7-4-8-12-16)18(22)26-13-15-9-5-3-6-10-15/h3-12,14,17,24-25H,13,21H2,1-2H3/t17?,20-/m1/s1. The molecule has 0 aliphatic heterocycles. The number of nitrogens with two attached hydrogens (primary N) is 1. The lowest BCUT2D eigenvalue weighted by atomic mass is 10.0. The molecule has 150 valence electrons. The van der Waals surface area contributed by atoms with Gasteiger partial charge in [-0.15, -0.1) is 0 Å². The third kappa shape index (κ3) is 5.14. The molecule has 0 saturated heterocycles.